The number of piperidine rings is 2. The molecule has 2 aromatic carbocycles. The maximum absolute atomic E-state index is 13.4. The van der Waals surface area contributed by atoms with Crippen LogP contribution < -0.4 is 10.1 Å². The van der Waals surface area contributed by atoms with E-state index in [1.807, 2.05) is 6.07 Å². The number of methoxy groups -OCH3 is 1. The van der Waals surface area contributed by atoms with Gasteiger partial charge in [-0.1, -0.05) is 12.1 Å². The number of anilines is 1. The summed E-state index contributed by atoms with van der Waals surface area (Å²) >= 11 is 0. The van der Waals surface area contributed by atoms with Gasteiger partial charge in [-0.15, -0.1) is 0 Å². The number of para-hydroxylation sites is 1. The van der Waals surface area contributed by atoms with Crippen LogP contribution in [0.3, 0.4) is 0 Å². The van der Waals surface area contributed by atoms with Crippen molar-refractivity contribution in [1.82, 2.24) is 9.80 Å². The Hall–Kier alpha value is -2.97. The summed E-state index contributed by atoms with van der Waals surface area (Å²) in [7, 11) is 1.71. The van der Waals surface area contributed by atoms with Gasteiger partial charge in [-0.3, -0.25) is 4.79 Å². The predicted octanol–water partition coefficient (Wildman–Crippen LogP) is 4.05. The number of β-amino-alcohol motifs (C(OH)–C–C–N with tert-alkyl or cyclic N) is 1. The van der Waals surface area contributed by atoms with E-state index >= 15 is 0 Å². The monoisotopic (exact) mass is 511 g/mol. The third-order valence-electron chi connectivity index (χ3n) is 8.38. The third-order valence-corrected chi connectivity index (χ3v) is 8.38. The third kappa shape index (κ3) is 5.50. The molecule has 0 radical (unpaired) electrons. The van der Waals surface area contributed by atoms with E-state index < -0.39 is 17.7 Å². The SMILES string of the molecule is COc1cccc2c1NCC21CCN(CC(O)C2CCN(C(=O)/C=C/c3cc(F)cc(F)c3)CC2)CC1. The van der Waals surface area contributed by atoms with E-state index in [0.717, 1.165) is 62.8 Å². The molecule has 0 bridgehead atoms. The molecule has 2 fully saturated rings. The Bertz CT molecular complexity index is 1130. The molecule has 198 valence electrons. The number of aliphatic hydroxyl groups is 1. The molecule has 3 aliphatic rings. The summed E-state index contributed by atoms with van der Waals surface area (Å²) < 4.78 is 32.2. The zero-order chi connectivity index (χ0) is 26.0. The molecule has 5 rings (SSSR count). The number of hydrogen-bond donors (Lipinski definition) is 2. The first-order valence-corrected chi connectivity index (χ1v) is 13.1. The Morgan fingerprint density at radius 1 is 1.16 bits per heavy atom. The lowest BCUT2D eigenvalue weighted by Crippen LogP contribution is -2.48. The van der Waals surface area contributed by atoms with Gasteiger partial charge >= 0.3 is 0 Å². The van der Waals surface area contributed by atoms with Crippen LogP contribution in [-0.4, -0.2) is 73.3 Å². The number of rotatable bonds is 6. The predicted molar refractivity (Wildman–Crippen MR) is 140 cm³/mol. The van der Waals surface area contributed by atoms with Gasteiger partial charge in [0.2, 0.25) is 5.91 Å². The van der Waals surface area contributed by atoms with E-state index in [1.165, 1.54) is 29.8 Å². The zero-order valence-corrected chi connectivity index (χ0v) is 21.3. The summed E-state index contributed by atoms with van der Waals surface area (Å²) in [5.41, 5.74) is 2.91. The molecule has 1 amide bonds. The van der Waals surface area contributed by atoms with Crippen LogP contribution in [0, 0.1) is 17.6 Å². The molecule has 1 unspecified atom stereocenters. The molecule has 2 N–H and O–H groups in total. The van der Waals surface area contributed by atoms with E-state index in [2.05, 4.69) is 22.3 Å². The first-order chi connectivity index (χ1) is 17.9. The molecule has 3 aliphatic heterocycles. The number of fused-ring (bicyclic) bond motifs is 2. The van der Waals surface area contributed by atoms with Crippen LogP contribution in [0.5, 0.6) is 5.75 Å². The van der Waals surface area contributed by atoms with Gasteiger partial charge in [-0.25, -0.2) is 8.78 Å². The fourth-order valence-corrected chi connectivity index (χ4v) is 6.15. The van der Waals surface area contributed by atoms with Crippen molar-refractivity contribution >= 4 is 17.7 Å². The smallest absolute Gasteiger partial charge is 0.246 e. The van der Waals surface area contributed by atoms with Gasteiger partial charge in [-0.05, 0) is 80.1 Å². The van der Waals surface area contributed by atoms with Crippen molar-refractivity contribution in [2.75, 3.05) is 51.7 Å². The molecule has 3 heterocycles. The zero-order valence-electron chi connectivity index (χ0n) is 21.3. The van der Waals surface area contributed by atoms with Crippen molar-refractivity contribution in [3.05, 3.63) is 65.2 Å². The molecule has 2 aromatic rings. The summed E-state index contributed by atoms with van der Waals surface area (Å²) in [5, 5.41) is 14.5. The van der Waals surface area contributed by atoms with Crippen LogP contribution in [0.4, 0.5) is 14.5 Å². The lowest BCUT2D eigenvalue weighted by atomic mass is 9.74. The summed E-state index contributed by atoms with van der Waals surface area (Å²) in [6.45, 7) is 4.59. The quantitative estimate of drug-likeness (QED) is 0.573. The first-order valence-electron chi connectivity index (χ1n) is 13.1. The number of amides is 1. The molecule has 0 aromatic heterocycles. The largest absolute Gasteiger partial charge is 0.495 e. The number of hydrogen-bond acceptors (Lipinski definition) is 5. The molecule has 0 aliphatic carbocycles. The second-order valence-corrected chi connectivity index (χ2v) is 10.6. The Labute approximate surface area is 216 Å². The number of likely N-dealkylation sites (tertiary alicyclic amines) is 2. The Balaban J connectivity index is 1.09. The number of halogens is 2. The Kier molecular flexibility index (Phi) is 7.49. The second kappa shape index (κ2) is 10.8. The van der Waals surface area contributed by atoms with E-state index in [1.54, 1.807) is 12.0 Å². The van der Waals surface area contributed by atoms with Crippen molar-refractivity contribution in [1.29, 1.82) is 0 Å². The van der Waals surface area contributed by atoms with Crippen molar-refractivity contribution in [2.24, 2.45) is 5.92 Å². The fraction of sp³-hybridized carbons (Fsp3) is 0.483. The van der Waals surface area contributed by atoms with Gasteiger partial charge in [0.25, 0.3) is 0 Å². The van der Waals surface area contributed by atoms with Crippen LogP contribution in [0.15, 0.2) is 42.5 Å². The summed E-state index contributed by atoms with van der Waals surface area (Å²) in [6.07, 6.45) is 5.94. The molecule has 1 spiro atoms. The van der Waals surface area contributed by atoms with Gasteiger partial charge < -0.3 is 25.0 Å². The standard InChI is InChI=1S/C29H35F2N3O3/c1-37-26-4-2-3-24-28(26)32-19-29(24)9-13-33(14-10-29)18-25(35)21-7-11-34(12-8-21)27(36)6-5-20-15-22(30)17-23(31)16-20/h2-6,15-17,21,25,32,35H,7-14,18-19H2,1H3/b6-5+. The van der Waals surface area contributed by atoms with Crippen LogP contribution in [0.2, 0.25) is 0 Å². The number of aliphatic hydroxyl groups excluding tert-OH is 1. The highest BCUT2D eigenvalue weighted by molar-refractivity contribution is 5.91. The molecule has 8 heteroatoms. The van der Waals surface area contributed by atoms with Gasteiger partial charge in [0.05, 0.1) is 18.9 Å². The highest BCUT2D eigenvalue weighted by Gasteiger charge is 2.42. The molecule has 2 saturated heterocycles. The van der Waals surface area contributed by atoms with Gasteiger partial charge in [0.1, 0.15) is 17.4 Å². The average Bonchev–Trinajstić information content (AvgIpc) is 3.26. The number of ether oxygens (including phenoxy) is 1. The molecule has 1 atom stereocenters. The highest BCUT2D eigenvalue weighted by Crippen LogP contribution is 2.47. The van der Waals surface area contributed by atoms with Crippen molar-refractivity contribution in [3.8, 4) is 5.75 Å². The molecule has 37 heavy (non-hydrogen) atoms. The van der Waals surface area contributed by atoms with Crippen molar-refractivity contribution in [2.45, 2.75) is 37.2 Å². The number of nitrogens with one attached hydrogen (secondary N) is 1. The lowest BCUT2D eigenvalue weighted by molar-refractivity contribution is -0.128. The highest BCUT2D eigenvalue weighted by atomic mass is 19.1. The molecular weight excluding hydrogens is 476 g/mol. The average molecular weight is 512 g/mol. The topological polar surface area (TPSA) is 65.0 Å². The fourth-order valence-electron chi connectivity index (χ4n) is 6.15. The van der Waals surface area contributed by atoms with E-state index in [-0.39, 0.29) is 17.2 Å². The Morgan fingerprint density at radius 3 is 2.54 bits per heavy atom. The van der Waals surface area contributed by atoms with Crippen molar-refractivity contribution in [3.63, 3.8) is 0 Å². The minimum Gasteiger partial charge on any atom is -0.495 e. The minimum atomic E-state index is -0.671. The van der Waals surface area contributed by atoms with Gasteiger partial charge in [0, 0.05) is 43.7 Å². The van der Waals surface area contributed by atoms with Gasteiger partial charge in [-0.2, -0.15) is 0 Å². The van der Waals surface area contributed by atoms with E-state index in [9.17, 15) is 18.7 Å². The summed E-state index contributed by atoms with van der Waals surface area (Å²) in [4.78, 5) is 16.7. The van der Waals surface area contributed by atoms with Crippen LogP contribution in [0.25, 0.3) is 6.08 Å². The van der Waals surface area contributed by atoms with Crippen LogP contribution >= 0.6 is 0 Å². The molecule has 6 nitrogen and oxygen atoms in total. The lowest BCUT2D eigenvalue weighted by Gasteiger charge is -2.41. The number of carbonyl (C=O) groups excluding carboxylic acids is 1. The van der Waals surface area contributed by atoms with Gasteiger partial charge in [0.15, 0.2) is 0 Å². The molecule has 0 saturated carbocycles. The summed E-state index contributed by atoms with van der Waals surface area (Å²) in [6, 6.07) is 9.46. The normalized spacial score (nSPS) is 20.7. The first kappa shape index (κ1) is 25.7. The van der Waals surface area contributed by atoms with E-state index in [0.29, 0.717) is 25.2 Å². The maximum atomic E-state index is 13.4. The number of benzene rings is 2. The molecular formula is C29H35F2N3O3. The van der Waals surface area contributed by atoms with E-state index in [4.69, 9.17) is 4.74 Å². The minimum absolute atomic E-state index is 0.127. The maximum Gasteiger partial charge on any atom is 0.246 e. The van der Waals surface area contributed by atoms with Crippen LogP contribution in [0.1, 0.15) is 36.8 Å². The summed E-state index contributed by atoms with van der Waals surface area (Å²) in [5.74, 6) is -0.470. The number of carbonyl (C=O) groups is 1. The Morgan fingerprint density at radius 2 is 1.86 bits per heavy atom. The number of nitrogens with zero attached hydrogens (tertiary/aromatic N) is 2. The van der Waals surface area contributed by atoms with Crippen LogP contribution in [-0.2, 0) is 10.2 Å². The second-order valence-electron chi connectivity index (χ2n) is 10.6. The van der Waals surface area contributed by atoms with Crippen molar-refractivity contribution < 1.29 is 23.4 Å².